The van der Waals surface area contributed by atoms with Gasteiger partial charge >= 0.3 is 0 Å². The molecule has 1 fully saturated rings. The number of anilines is 2. The molecule has 2 aromatic rings. The molecule has 104 valence electrons. The third-order valence-corrected chi connectivity index (χ3v) is 3.67. The molecule has 0 radical (unpaired) electrons. The number of nitrogen functional groups attached to an aromatic ring is 1. The molecule has 2 N–H and O–H groups in total. The van der Waals surface area contributed by atoms with Gasteiger partial charge in [-0.3, -0.25) is 0 Å². The number of piperazine rings is 1. The van der Waals surface area contributed by atoms with Gasteiger partial charge in [-0.1, -0.05) is 12.1 Å². The second-order valence-corrected chi connectivity index (χ2v) is 5.18. The Balaban J connectivity index is 1.76. The largest absolute Gasteiger partial charge is 0.399 e. The number of hydrogen-bond acceptors (Lipinski definition) is 5. The van der Waals surface area contributed by atoms with Crippen molar-refractivity contribution in [2.45, 2.75) is 0 Å². The molecule has 20 heavy (non-hydrogen) atoms. The highest BCUT2D eigenvalue weighted by molar-refractivity contribution is 5.64. The SMILES string of the molecule is CN1CCN(c2ncc(-c3ccc(N)cc3)cn2)CC1. The molecule has 1 aliphatic heterocycles. The molecule has 0 saturated carbocycles. The quantitative estimate of drug-likeness (QED) is 0.837. The van der Waals surface area contributed by atoms with Crippen molar-refractivity contribution >= 4 is 11.6 Å². The van der Waals surface area contributed by atoms with E-state index in [1.165, 1.54) is 0 Å². The number of nitrogens with zero attached hydrogens (tertiary/aromatic N) is 4. The molecule has 5 heteroatoms. The third kappa shape index (κ3) is 2.72. The summed E-state index contributed by atoms with van der Waals surface area (Å²) in [6.07, 6.45) is 3.76. The smallest absolute Gasteiger partial charge is 0.225 e. The van der Waals surface area contributed by atoms with Gasteiger partial charge in [0.1, 0.15) is 0 Å². The maximum absolute atomic E-state index is 5.70. The predicted octanol–water partition coefficient (Wildman–Crippen LogP) is 1.48. The Labute approximate surface area is 119 Å². The van der Waals surface area contributed by atoms with Gasteiger partial charge in [-0.05, 0) is 24.7 Å². The first-order chi connectivity index (χ1) is 9.72. The Bertz CT molecular complexity index is 556. The van der Waals surface area contributed by atoms with Crippen LogP contribution in [0.1, 0.15) is 0 Å². The maximum atomic E-state index is 5.70. The van der Waals surface area contributed by atoms with Crippen molar-refractivity contribution in [1.29, 1.82) is 0 Å². The van der Waals surface area contributed by atoms with Crippen LogP contribution in [0, 0.1) is 0 Å². The molecule has 0 unspecified atom stereocenters. The Morgan fingerprint density at radius 3 is 2.10 bits per heavy atom. The lowest BCUT2D eigenvalue weighted by molar-refractivity contribution is 0.311. The zero-order chi connectivity index (χ0) is 13.9. The average Bonchev–Trinajstić information content (AvgIpc) is 2.49. The zero-order valence-electron chi connectivity index (χ0n) is 11.7. The molecule has 1 aromatic heterocycles. The van der Waals surface area contributed by atoms with E-state index in [-0.39, 0.29) is 0 Å². The second kappa shape index (κ2) is 5.46. The number of hydrogen-bond donors (Lipinski definition) is 1. The van der Waals surface area contributed by atoms with Crippen LogP contribution in [0.3, 0.4) is 0 Å². The molecular weight excluding hydrogens is 250 g/mol. The second-order valence-electron chi connectivity index (χ2n) is 5.18. The van der Waals surface area contributed by atoms with Gasteiger partial charge in [-0.2, -0.15) is 0 Å². The highest BCUT2D eigenvalue weighted by atomic mass is 15.3. The number of aromatic nitrogens is 2. The van der Waals surface area contributed by atoms with Gasteiger partial charge in [-0.15, -0.1) is 0 Å². The summed E-state index contributed by atoms with van der Waals surface area (Å²) in [7, 11) is 2.14. The molecule has 0 bridgehead atoms. The molecule has 0 aliphatic carbocycles. The normalized spacial score (nSPS) is 16.4. The molecule has 0 spiro atoms. The van der Waals surface area contributed by atoms with Gasteiger partial charge in [0.15, 0.2) is 0 Å². The van der Waals surface area contributed by atoms with Gasteiger partial charge in [-0.25, -0.2) is 9.97 Å². The highest BCUT2D eigenvalue weighted by Gasteiger charge is 2.16. The van der Waals surface area contributed by atoms with Gasteiger partial charge in [0.25, 0.3) is 0 Å². The van der Waals surface area contributed by atoms with E-state index in [4.69, 9.17) is 5.73 Å². The average molecular weight is 269 g/mol. The van der Waals surface area contributed by atoms with E-state index in [9.17, 15) is 0 Å². The summed E-state index contributed by atoms with van der Waals surface area (Å²) in [5.74, 6) is 0.817. The first kappa shape index (κ1) is 12.9. The van der Waals surface area contributed by atoms with Crippen LogP contribution in [0.2, 0.25) is 0 Å². The fourth-order valence-corrected chi connectivity index (χ4v) is 2.32. The van der Waals surface area contributed by atoms with E-state index in [1.807, 2.05) is 36.7 Å². The molecule has 3 rings (SSSR count). The van der Waals surface area contributed by atoms with Crippen molar-refractivity contribution in [2.75, 3.05) is 43.9 Å². The van der Waals surface area contributed by atoms with Gasteiger partial charge in [0.05, 0.1) is 0 Å². The standard InChI is InChI=1S/C15H19N5/c1-19-6-8-20(9-7-19)15-17-10-13(11-18-15)12-2-4-14(16)5-3-12/h2-5,10-11H,6-9,16H2,1H3. The lowest BCUT2D eigenvalue weighted by atomic mass is 10.1. The van der Waals surface area contributed by atoms with Crippen LogP contribution in [0.25, 0.3) is 11.1 Å². The summed E-state index contributed by atoms with van der Waals surface area (Å²) >= 11 is 0. The predicted molar refractivity (Wildman–Crippen MR) is 81.6 cm³/mol. The van der Waals surface area contributed by atoms with E-state index in [1.54, 1.807) is 0 Å². The summed E-state index contributed by atoms with van der Waals surface area (Å²) in [6, 6.07) is 7.76. The van der Waals surface area contributed by atoms with Crippen LogP contribution < -0.4 is 10.6 Å². The van der Waals surface area contributed by atoms with Crippen LogP contribution in [-0.4, -0.2) is 48.1 Å². The maximum Gasteiger partial charge on any atom is 0.225 e. The summed E-state index contributed by atoms with van der Waals surface area (Å²) in [6.45, 7) is 4.08. The Hall–Kier alpha value is -2.14. The van der Waals surface area contributed by atoms with Crippen molar-refractivity contribution < 1.29 is 0 Å². The van der Waals surface area contributed by atoms with Crippen molar-refractivity contribution in [2.24, 2.45) is 0 Å². The van der Waals surface area contributed by atoms with Crippen LogP contribution in [0.4, 0.5) is 11.6 Å². The molecule has 1 aliphatic rings. The first-order valence-corrected chi connectivity index (χ1v) is 6.84. The Morgan fingerprint density at radius 2 is 1.50 bits per heavy atom. The first-order valence-electron chi connectivity index (χ1n) is 6.84. The minimum absolute atomic E-state index is 0.767. The Morgan fingerprint density at radius 1 is 0.900 bits per heavy atom. The molecule has 0 atom stereocenters. The van der Waals surface area contributed by atoms with Gasteiger partial charge in [0.2, 0.25) is 5.95 Å². The number of rotatable bonds is 2. The number of nitrogens with two attached hydrogens (primary N) is 1. The summed E-state index contributed by atoms with van der Waals surface area (Å²) in [4.78, 5) is 13.5. The lowest BCUT2D eigenvalue weighted by Gasteiger charge is -2.32. The fourth-order valence-electron chi connectivity index (χ4n) is 2.32. The minimum atomic E-state index is 0.767. The summed E-state index contributed by atoms with van der Waals surface area (Å²) in [5, 5.41) is 0. The van der Waals surface area contributed by atoms with Crippen LogP contribution >= 0.6 is 0 Å². The lowest BCUT2D eigenvalue weighted by Crippen LogP contribution is -2.45. The van der Waals surface area contributed by atoms with E-state index >= 15 is 0 Å². The van der Waals surface area contributed by atoms with Crippen molar-refractivity contribution in [3.63, 3.8) is 0 Å². The monoisotopic (exact) mass is 269 g/mol. The molecule has 5 nitrogen and oxygen atoms in total. The molecule has 0 amide bonds. The molecule has 2 heterocycles. The molecule has 1 aromatic carbocycles. The minimum Gasteiger partial charge on any atom is -0.399 e. The highest BCUT2D eigenvalue weighted by Crippen LogP contribution is 2.20. The van der Waals surface area contributed by atoms with Crippen molar-refractivity contribution in [1.82, 2.24) is 14.9 Å². The van der Waals surface area contributed by atoms with Crippen LogP contribution in [0.5, 0.6) is 0 Å². The number of benzene rings is 1. The van der Waals surface area contributed by atoms with E-state index < -0.39 is 0 Å². The van der Waals surface area contributed by atoms with Gasteiger partial charge in [0, 0.05) is 49.8 Å². The third-order valence-electron chi connectivity index (χ3n) is 3.67. The number of likely N-dealkylation sites (N-methyl/N-ethyl adjacent to an activating group) is 1. The zero-order valence-corrected chi connectivity index (χ0v) is 11.7. The topological polar surface area (TPSA) is 58.3 Å². The summed E-state index contributed by atoms with van der Waals surface area (Å²) < 4.78 is 0. The van der Waals surface area contributed by atoms with Crippen LogP contribution in [0.15, 0.2) is 36.7 Å². The fraction of sp³-hybridized carbons (Fsp3) is 0.333. The molecule has 1 saturated heterocycles. The summed E-state index contributed by atoms with van der Waals surface area (Å²) in [5.41, 5.74) is 8.57. The van der Waals surface area contributed by atoms with E-state index in [2.05, 4.69) is 26.8 Å². The molecular formula is C15H19N5. The van der Waals surface area contributed by atoms with E-state index in [0.717, 1.165) is 48.9 Å². The van der Waals surface area contributed by atoms with Crippen molar-refractivity contribution in [3.05, 3.63) is 36.7 Å². The van der Waals surface area contributed by atoms with Crippen LogP contribution in [-0.2, 0) is 0 Å². The van der Waals surface area contributed by atoms with E-state index in [0.29, 0.717) is 0 Å². The Kier molecular flexibility index (Phi) is 3.52. The van der Waals surface area contributed by atoms with Gasteiger partial charge < -0.3 is 15.5 Å². The van der Waals surface area contributed by atoms with Crippen molar-refractivity contribution in [3.8, 4) is 11.1 Å².